The number of nitrogens with one attached hydrogen (secondary N) is 1. The zero-order valence-corrected chi connectivity index (χ0v) is 14.2. The molecule has 0 aromatic heterocycles. The maximum atomic E-state index is 12.5. The van der Waals surface area contributed by atoms with Crippen molar-refractivity contribution in [2.75, 3.05) is 6.26 Å². The van der Waals surface area contributed by atoms with Crippen molar-refractivity contribution in [3.63, 3.8) is 0 Å². The molecule has 3 unspecified atom stereocenters. The van der Waals surface area contributed by atoms with E-state index in [0.29, 0.717) is 10.1 Å². The van der Waals surface area contributed by atoms with E-state index in [1.54, 1.807) is 36.0 Å². The standard InChI is InChI=1S/C15H24N2O2S2/c1-11(16)12-7-9-13(10-8-12)21(18,19)17-14-5-3-4-6-15(14)20-2/h7-11,14-15,17H,3-6,16H2,1-2H3. The molecular weight excluding hydrogens is 304 g/mol. The molecule has 0 amide bonds. The van der Waals surface area contributed by atoms with E-state index in [1.807, 2.05) is 6.92 Å². The van der Waals surface area contributed by atoms with Crippen LogP contribution in [0.15, 0.2) is 29.2 Å². The van der Waals surface area contributed by atoms with Crippen LogP contribution in [0.1, 0.15) is 44.2 Å². The van der Waals surface area contributed by atoms with Gasteiger partial charge in [0, 0.05) is 17.3 Å². The third kappa shape index (κ3) is 4.22. The van der Waals surface area contributed by atoms with Crippen LogP contribution in [0.5, 0.6) is 0 Å². The summed E-state index contributed by atoms with van der Waals surface area (Å²) in [6.07, 6.45) is 6.33. The van der Waals surface area contributed by atoms with Gasteiger partial charge >= 0.3 is 0 Å². The lowest BCUT2D eigenvalue weighted by atomic mass is 9.96. The molecule has 1 aliphatic carbocycles. The first-order valence-electron chi connectivity index (χ1n) is 7.34. The molecule has 0 aliphatic heterocycles. The number of sulfonamides is 1. The molecule has 0 heterocycles. The van der Waals surface area contributed by atoms with Gasteiger partial charge in [-0.05, 0) is 43.7 Å². The lowest BCUT2D eigenvalue weighted by Crippen LogP contribution is -2.43. The first-order chi connectivity index (χ1) is 9.94. The van der Waals surface area contributed by atoms with E-state index >= 15 is 0 Å². The van der Waals surface area contributed by atoms with Crippen molar-refractivity contribution in [3.8, 4) is 0 Å². The second-order valence-corrected chi connectivity index (χ2v) is 8.43. The Balaban J connectivity index is 2.13. The average molecular weight is 329 g/mol. The summed E-state index contributed by atoms with van der Waals surface area (Å²) in [6, 6.07) is 6.79. The largest absolute Gasteiger partial charge is 0.324 e. The minimum absolute atomic E-state index is 0.0341. The average Bonchev–Trinajstić information content (AvgIpc) is 2.47. The molecular formula is C15H24N2O2S2. The zero-order valence-electron chi connectivity index (χ0n) is 12.6. The fourth-order valence-electron chi connectivity index (χ4n) is 2.73. The SMILES string of the molecule is CSC1CCCCC1NS(=O)(=O)c1ccc(C(C)N)cc1. The summed E-state index contributed by atoms with van der Waals surface area (Å²) in [5, 5.41) is 0.372. The molecule has 4 nitrogen and oxygen atoms in total. The Morgan fingerprint density at radius 3 is 2.43 bits per heavy atom. The zero-order chi connectivity index (χ0) is 15.5. The Morgan fingerprint density at radius 1 is 1.24 bits per heavy atom. The van der Waals surface area contributed by atoms with Crippen LogP contribution in [0.25, 0.3) is 0 Å². The van der Waals surface area contributed by atoms with Crippen LogP contribution >= 0.6 is 11.8 Å². The second-order valence-electron chi connectivity index (χ2n) is 5.64. The predicted octanol–water partition coefficient (Wildman–Crippen LogP) is 2.66. The maximum Gasteiger partial charge on any atom is 0.240 e. The van der Waals surface area contributed by atoms with Crippen LogP contribution in [0, 0.1) is 0 Å². The van der Waals surface area contributed by atoms with E-state index in [0.717, 1.165) is 24.8 Å². The monoisotopic (exact) mass is 328 g/mol. The normalized spacial score (nSPS) is 24.7. The topological polar surface area (TPSA) is 72.2 Å². The van der Waals surface area contributed by atoms with E-state index in [1.165, 1.54) is 6.42 Å². The van der Waals surface area contributed by atoms with Gasteiger partial charge in [-0.2, -0.15) is 11.8 Å². The van der Waals surface area contributed by atoms with Gasteiger partial charge in [0.15, 0.2) is 0 Å². The Morgan fingerprint density at radius 2 is 1.86 bits per heavy atom. The molecule has 3 N–H and O–H groups in total. The molecule has 1 fully saturated rings. The van der Waals surface area contributed by atoms with Crippen LogP contribution in [-0.2, 0) is 10.0 Å². The Bertz CT molecular complexity index is 556. The third-order valence-electron chi connectivity index (χ3n) is 4.03. The minimum atomic E-state index is -3.45. The lowest BCUT2D eigenvalue weighted by molar-refractivity contribution is 0.423. The van der Waals surface area contributed by atoms with Crippen LogP contribution < -0.4 is 10.5 Å². The van der Waals surface area contributed by atoms with Crippen molar-refractivity contribution in [3.05, 3.63) is 29.8 Å². The summed E-state index contributed by atoms with van der Waals surface area (Å²) < 4.78 is 27.9. The van der Waals surface area contributed by atoms with Crippen molar-refractivity contribution in [2.45, 2.75) is 54.8 Å². The highest BCUT2D eigenvalue weighted by Crippen LogP contribution is 2.28. The first kappa shape index (κ1) is 16.8. The van der Waals surface area contributed by atoms with Crippen molar-refractivity contribution in [1.29, 1.82) is 0 Å². The minimum Gasteiger partial charge on any atom is -0.324 e. The van der Waals surface area contributed by atoms with E-state index in [9.17, 15) is 8.42 Å². The molecule has 0 bridgehead atoms. The lowest BCUT2D eigenvalue weighted by Gasteiger charge is -2.30. The van der Waals surface area contributed by atoms with E-state index in [2.05, 4.69) is 11.0 Å². The molecule has 1 aromatic carbocycles. The highest BCUT2D eigenvalue weighted by Gasteiger charge is 2.28. The van der Waals surface area contributed by atoms with Gasteiger partial charge in [-0.1, -0.05) is 25.0 Å². The molecule has 6 heteroatoms. The van der Waals surface area contributed by atoms with Gasteiger partial charge < -0.3 is 5.73 Å². The highest BCUT2D eigenvalue weighted by atomic mass is 32.2. The number of hydrogen-bond acceptors (Lipinski definition) is 4. The Labute approximate surface area is 131 Å². The molecule has 2 rings (SSSR count). The summed E-state index contributed by atoms with van der Waals surface area (Å²) in [5.41, 5.74) is 6.73. The van der Waals surface area contributed by atoms with Crippen molar-refractivity contribution >= 4 is 21.8 Å². The summed E-state index contributed by atoms with van der Waals surface area (Å²) >= 11 is 1.75. The van der Waals surface area contributed by atoms with E-state index in [-0.39, 0.29) is 12.1 Å². The van der Waals surface area contributed by atoms with E-state index < -0.39 is 10.0 Å². The molecule has 0 saturated heterocycles. The summed E-state index contributed by atoms with van der Waals surface area (Å²) in [7, 11) is -3.45. The molecule has 3 atom stereocenters. The van der Waals surface area contributed by atoms with Gasteiger partial charge in [0.05, 0.1) is 4.90 Å². The quantitative estimate of drug-likeness (QED) is 0.871. The Kier molecular flexibility index (Phi) is 5.71. The number of benzene rings is 1. The molecule has 1 aliphatic rings. The van der Waals surface area contributed by atoms with E-state index in [4.69, 9.17) is 5.73 Å². The summed E-state index contributed by atoms with van der Waals surface area (Å²) in [4.78, 5) is 0.317. The van der Waals surface area contributed by atoms with Crippen LogP contribution in [0.3, 0.4) is 0 Å². The van der Waals surface area contributed by atoms with Gasteiger partial charge in [0.25, 0.3) is 0 Å². The molecule has 118 valence electrons. The first-order valence-corrected chi connectivity index (χ1v) is 10.1. The van der Waals surface area contributed by atoms with Crippen molar-refractivity contribution in [2.24, 2.45) is 5.73 Å². The van der Waals surface area contributed by atoms with Gasteiger partial charge in [-0.3, -0.25) is 0 Å². The summed E-state index contributed by atoms with van der Waals surface area (Å²) in [5.74, 6) is 0. The maximum absolute atomic E-state index is 12.5. The highest BCUT2D eigenvalue weighted by molar-refractivity contribution is 7.99. The molecule has 1 aromatic rings. The second kappa shape index (κ2) is 7.13. The molecule has 0 spiro atoms. The number of hydrogen-bond donors (Lipinski definition) is 2. The van der Waals surface area contributed by atoms with Crippen molar-refractivity contribution < 1.29 is 8.42 Å². The molecule has 0 radical (unpaired) electrons. The van der Waals surface area contributed by atoms with Gasteiger partial charge in [0.1, 0.15) is 0 Å². The number of nitrogens with two attached hydrogens (primary N) is 1. The van der Waals surface area contributed by atoms with Crippen molar-refractivity contribution in [1.82, 2.24) is 4.72 Å². The van der Waals surface area contributed by atoms with Gasteiger partial charge in [0.2, 0.25) is 10.0 Å². The van der Waals surface area contributed by atoms with Gasteiger partial charge in [-0.25, -0.2) is 13.1 Å². The predicted molar refractivity (Wildman–Crippen MR) is 88.9 cm³/mol. The van der Waals surface area contributed by atoms with Gasteiger partial charge in [-0.15, -0.1) is 0 Å². The van der Waals surface area contributed by atoms with Crippen LogP contribution in [0.2, 0.25) is 0 Å². The number of rotatable bonds is 5. The fraction of sp³-hybridized carbons (Fsp3) is 0.600. The molecule has 21 heavy (non-hydrogen) atoms. The van der Waals surface area contributed by atoms with Crippen LogP contribution in [0.4, 0.5) is 0 Å². The Hall–Kier alpha value is -0.560. The molecule has 1 saturated carbocycles. The number of thioether (sulfide) groups is 1. The summed E-state index contributed by atoms with van der Waals surface area (Å²) in [6.45, 7) is 1.88. The fourth-order valence-corrected chi connectivity index (χ4v) is 5.06. The third-order valence-corrected chi connectivity index (χ3v) is 6.70. The smallest absolute Gasteiger partial charge is 0.240 e. The van der Waals surface area contributed by atoms with Crippen LogP contribution in [-0.4, -0.2) is 26.0 Å².